The monoisotopic (exact) mass is 363 g/mol. The molecule has 134 valence electrons. The van der Waals surface area contributed by atoms with Crippen LogP contribution >= 0.6 is 11.8 Å². The number of primary amides is 1. The Balaban J connectivity index is 1.86. The molecule has 0 unspecified atom stereocenters. The van der Waals surface area contributed by atoms with Crippen molar-refractivity contribution in [3.63, 3.8) is 0 Å². The summed E-state index contributed by atoms with van der Waals surface area (Å²) in [6.45, 7) is 2.01. The van der Waals surface area contributed by atoms with Gasteiger partial charge in [0.2, 0.25) is 17.8 Å². The fourth-order valence-corrected chi connectivity index (χ4v) is 3.23. The van der Waals surface area contributed by atoms with E-state index in [9.17, 15) is 4.79 Å². The van der Waals surface area contributed by atoms with Gasteiger partial charge >= 0.3 is 0 Å². The van der Waals surface area contributed by atoms with E-state index in [4.69, 9.17) is 11.5 Å². The number of anilines is 2. The Labute approximate surface area is 149 Å². The van der Waals surface area contributed by atoms with Crippen molar-refractivity contribution in [2.45, 2.75) is 42.6 Å². The molecule has 0 radical (unpaired) electrons. The first-order valence-electron chi connectivity index (χ1n) is 7.92. The lowest BCUT2D eigenvalue weighted by atomic mass is 10.4. The molecule has 10 nitrogen and oxygen atoms in total. The number of carbonyl (C=O) groups excluding carboxylic acids is 1. The van der Waals surface area contributed by atoms with Gasteiger partial charge in [-0.3, -0.25) is 9.36 Å². The molecule has 0 saturated heterocycles. The van der Waals surface area contributed by atoms with Crippen LogP contribution in [-0.2, 0) is 11.3 Å². The Morgan fingerprint density at radius 2 is 2.04 bits per heavy atom. The summed E-state index contributed by atoms with van der Waals surface area (Å²) in [4.78, 5) is 25.9. The Morgan fingerprint density at radius 3 is 2.64 bits per heavy atom. The van der Waals surface area contributed by atoms with E-state index in [0.29, 0.717) is 22.8 Å². The quantitative estimate of drug-likeness (QED) is 0.665. The van der Waals surface area contributed by atoms with Gasteiger partial charge < -0.3 is 16.4 Å². The second-order valence-corrected chi connectivity index (χ2v) is 7.48. The number of hydrogen-bond donors (Lipinski definition) is 2. The van der Waals surface area contributed by atoms with Gasteiger partial charge in [0.25, 0.3) is 0 Å². The topological polar surface area (TPSA) is 142 Å². The van der Waals surface area contributed by atoms with Crippen molar-refractivity contribution in [1.82, 2.24) is 29.7 Å². The number of amides is 1. The molecule has 0 bridgehead atoms. The number of nitrogens with zero attached hydrogens (tertiary/aromatic N) is 7. The first kappa shape index (κ1) is 17.4. The predicted octanol–water partition coefficient (Wildman–Crippen LogP) is 0.327. The number of carbonyl (C=O) groups is 1. The maximum absolute atomic E-state index is 11.4. The van der Waals surface area contributed by atoms with Crippen LogP contribution in [-0.4, -0.2) is 49.7 Å². The lowest BCUT2D eigenvalue weighted by Crippen LogP contribution is -2.21. The molecule has 1 aliphatic rings. The van der Waals surface area contributed by atoms with Crippen LogP contribution in [0.1, 0.15) is 42.6 Å². The molecule has 0 spiro atoms. The Kier molecular flexibility index (Phi) is 4.75. The molecule has 1 aliphatic carbocycles. The largest absolute Gasteiger partial charge is 0.368 e. The van der Waals surface area contributed by atoms with E-state index in [2.05, 4.69) is 25.1 Å². The van der Waals surface area contributed by atoms with Crippen LogP contribution in [0.25, 0.3) is 0 Å². The number of nitrogens with two attached hydrogens (primary N) is 2. The van der Waals surface area contributed by atoms with Gasteiger partial charge in [-0.2, -0.15) is 15.0 Å². The zero-order chi connectivity index (χ0) is 18.1. The number of thioether (sulfide) groups is 1. The molecule has 2 aromatic heterocycles. The Morgan fingerprint density at radius 1 is 1.32 bits per heavy atom. The highest BCUT2D eigenvalue weighted by Gasteiger charge is 2.31. The summed E-state index contributed by atoms with van der Waals surface area (Å²) in [6, 6.07) is 0. The third-order valence-corrected chi connectivity index (χ3v) is 4.78. The van der Waals surface area contributed by atoms with Crippen molar-refractivity contribution < 1.29 is 4.79 Å². The average molecular weight is 363 g/mol. The van der Waals surface area contributed by atoms with E-state index in [1.807, 2.05) is 21.0 Å². The van der Waals surface area contributed by atoms with Gasteiger partial charge in [-0.15, -0.1) is 10.2 Å². The number of hydrogen-bond acceptors (Lipinski definition) is 9. The molecule has 25 heavy (non-hydrogen) atoms. The van der Waals surface area contributed by atoms with Gasteiger partial charge in [0.15, 0.2) is 5.16 Å². The minimum Gasteiger partial charge on any atom is -0.368 e. The van der Waals surface area contributed by atoms with Gasteiger partial charge in [-0.25, -0.2) is 0 Å². The molecular weight excluding hydrogens is 342 g/mol. The van der Waals surface area contributed by atoms with Gasteiger partial charge in [-0.05, 0) is 19.8 Å². The molecular formula is C14H21N9OS. The lowest BCUT2D eigenvalue weighted by Gasteiger charge is -2.15. The minimum atomic E-state index is -0.421. The third kappa shape index (κ3) is 3.98. The molecule has 4 N–H and O–H groups in total. The van der Waals surface area contributed by atoms with Crippen LogP contribution in [0.3, 0.4) is 0 Å². The molecule has 11 heteroatoms. The second-order valence-electron chi connectivity index (χ2n) is 6.17. The first-order chi connectivity index (χ1) is 11.8. The van der Waals surface area contributed by atoms with Crippen molar-refractivity contribution >= 4 is 29.6 Å². The van der Waals surface area contributed by atoms with Crippen LogP contribution in [0, 0.1) is 0 Å². The number of nitrogen functional groups attached to an aromatic ring is 1. The highest BCUT2D eigenvalue weighted by atomic mass is 32.2. The molecule has 1 atom stereocenters. The van der Waals surface area contributed by atoms with Gasteiger partial charge in [-0.1, -0.05) is 11.8 Å². The van der Waals surface area contributed by atoms with E-state index in [0.717, 1.165) is 18.7 Å². The molecule has 1 fully saturated rings. The minimum absolute atomic E-state index is 0.0657. The lowest BCUT2D eigenvalue weighted by molar-refractivity contribution is -0.118. The SMILES string of the molecule is C[C@H](Sc1nnc(C2CC2)n1CC(N)=O)c1nc(N)nc(N(C)C)n1. The standard InChI is InChI=1S/C14H21N9OS/c1-7(10-17-12(16)19-13(18-10)22(2)3)25-14-21-20-11(8-4-5-8)23(14)6-9(15)24/h7-8H,4-6H2,1-3H3,(H2,15,24)(H2,16,17,18,19)/t7-/m0/s1. The fraction of sp³-hybridized carbons (Fsp3) is 0.571. The molecule has 2 heterocycles. The summed E-state index contributed by atoms with van der Waals surface area (Å²) in [5.41, 5.74) is 11.2. The van der Waals surface area contributed by atoms with Crippen LogP contribution in [0.15, 0.2) is 5.16 Å². The third-order valence-electron chi connectivity index (χ3n) is 3.71. The van der Waals surface area contributed by atoms with E-state index in [1.165, 1.54) is 11.8 Å². The van der Waals surface area contributed by atoms with Crippen molar-refractivity contribution in [2.24, 2.45) is 5.73 Å². The highest BCUT2D eigenvalue weighted by Crippen LogP contribution is 2.41. The zero-order valence-electron chi connectivity index (χ0n) is 14.4. The number of rotatable bonds is 7. The smallest absolute Gasteiger partial charge is 0.237 e. The molecule has 2 aromatic rings. The second kappa shape index (κ2) is 6.82. The van der Waals surface area contributed by atoms with Gasteiger partial charge in [0.05, 0.1) is 5.25 Å². The Bertz CT molecular complexity index is 787. The normalized spacial score (nSPS) is 15.2. The van der Waals surface area contributed by atoms with Crippen LogP contribution in [0.5, 0.6) is 0 Å². The molecule has 0 aromatic carbocycles. The Hall–Kier alpha value is -2.43. The van der Waals surface area contributed by atoms with Gasteiger partial charge in [0, 0.05) is 20.0 Å². The average Bonchev–Trinajstić information content (AvgIpc) is 3.30. The van der Waals surface area contributed by atoms with Crippen molar-refractivity contribution in [3.05, 3.63) is 11.6 Å². The summed E-state index contributed by atoms with van der Waals surface area (Å²) < 4.78 is 1.79. The summed E-state index contributed by atoms with van der Waals surface area (Å²) >= 11 is 1.42. The maximum atomic E-state index is 11.4. The molecule has 1 amide bonds. The van der Waals surface area contributed by atoms with E-state index < -0.39 is 5.91 Å². The predicted molar refractivity (Wildman–Crippen MR) is 94.0 cm³/mol. The number of aromatic nitrogens is 6. The van der Waals surface area contributed by atoms with Crippen molar-refractivity contribution in [2.75, 3.05) is 24.7 Å². The summed E-state index contributed by atoms with van der Waals surface area (Å²) in [5, 5.41) is 8.95. The van der Waals surface area contributed by atoms with Crippen molar-refractivity contribution in [3.8, 4) is 0 Å². The molecule has 1 saturated carbocycles. The summed E-state index contributed by atoms with van der Waals surface area (Å²) in [5.74, 6) is 1.96. The summed E-state index contributed by atoms with van der Waals surface area (Å²) in [7, 11) is 3.67. The van der Waals surface area contributed by atoms with Crippen LogP contribution < -0.4 is 16.4 Å². The fourth-order valence-electron chi connectivity index (χ4n) is 2.33. The van der Waals surface area contributed by atoms with E-state index in [1.54, 1.807) is 9.47 Å². The van der Waals surface area contributed by atoms with Crippen LogP contribution in [0.4, 0.5) is 11.9 Å². The van der Waals surface area contributed by atoms with E-state index in [-0.39, 0.29) is 17.7 Å². The molecule has 3 rings (SSSR count). The molecule has 0 aliphatic heterocycles. The van der Waals surface area contributed by atoms with Crippen LogP contribution in [0.2, 0.25) is 0 Å². The van der Waals surface area contributed by atoms with Gasteiger partial charge in [0.1, 0.15) is 18.2 Å². The van der Waals surface area contributed by atoms with Crippen molar-refractivity contribution in [1.29, 1.82) is 0 Å². The maximum Gasteiger partial charge on any atom is 0.237 e. The highest BCUT2D eigenvalue weighted by molar-refractivity contribution is 7.99. The zero-order valence-corrected chi connectivity index (χ0v) is 15.2. The summed E-state index contributed by atoms with van der Waals surface area (Å²) in [6.07, 6.45) is 2.13. The van der Waals surface area contributed by atoms with E-state index >= 15 is 0 Å². The first-order valence-corrected chi connectivity index (χ1v) is 8.80.